The third kappa shape index (κ3) is 2.05. The molecule has 1 amide bonds. The number of fused-ring (bicyclic) bond motifs is 1. The molecule has 0 fully saturated rings. The average molecular weight is 278 g/mol. The molecule has 0 radical (unpaired) electrons. The normalized spacial score (nSPS) is 29.6. The Balaban J connectivity index is 1.94. The summed E-state index contributed by atoms with van der Waals surface area (Å²) in [4.78, 5) is 11.7. The van der Waals surface area contributed by atoms with Crippen LogP contribution in [0.2, 0.25) is 0 Å². The molecule has 110 valence electrons. The van der Waals surface area contributed by atoms with E-state index in [0.717, 1.165) is 36.3 Å². The van der Waals surface area contributed by atoms with Gasteiger partial charge in [0.2, 0.25) is 5.91 Å². The zero-order valence-corrected chi connectivity index (χ0v) is 12.0. The summed E-state index contributed by atoms with van der Waals surface area (Å²) in [6, 6.07) is 0. The predicted molar refractivity (Wildman–Crippen MR) is 74.4 cm³/mol. The van der Waals surface area contributed by atoms with Crippen LogP contribution in [-0.2, 0) is 9.53 Å². The number of hydrogen-bond donors (Lipinski definition) is 3. The highest BCUT2D eigenvalue weighted by molar-refractivity contribution is 5.81. The third-order valence-electron chi connectivity index (χ3n) is 4.48. The first-order chi connectivity index (χ1) is 9.42. The molecule has 0 saturated carbocycles. The van der Waals surface area contributed by atoms with Crippen molar-refractivity contribution in [3.63, 3.8) is 0 Å². The molecule has 5 heteroatoms. The van der Waals surface area contributed by atoms with Crippen LogP contribution >= 0.6 is 0 Å². The summed E-state index contributed by atoms with van der Waals surface area (Å²) in [7, 11) is 0. The van der Waals surface area contributed by atoms with Gasteiger partial charge in [-0.15, -0.1) is 0 Å². The lowest BCUT2D eigenvalue weighted by molar-refractivity contribution is -0.121. The van der Waals surface area contributed by atoms with E-state index in [-0.39, 0.29) is 24.0 Å². The number of nitrogens with one attached hydrogen (secondary N) is 1. The fraction of sp³-hybridized carbons (Fsp3) is 0.667. The molecule has 2 heterocycles. The highest BCUT2D eigenvalue weighted by Gasteiger charge is 2.43. The highest BCUT2D eigenvalue weighted by Crippen LogP contribution is 2.49. The van der Waals surface area contributed by atoms with Crippen LogP contribution in [0.15, 0.2) is 22.6 Å². The Morgan fingerprint density at radius 1 is 1.50 bits per heavy atom. The summed E-state index contributed by atoms with van der Waals surface area (Å²) in [6.07, 6.45) is 1.93. The third-order valence-corrected chi connectivity index (χ3v) is 4.48. The van der Waals surface area contributed by atoms with E-state index in [1.165, 1.54) is 5.57 Å². The van der Waals surface area contributed by atoms with E-state index >= 15 is 0 Å². The first-order valence-electron chi connectivity index (χ1n) is 7.23. The zero-order chi connectivity index (χ0) is 14.5. The van der Waals surface area contributed by atoms with Crippen molar-refractivity contribution in [3.05, 3.63) is 22.6 Å². The molecule has 2 atom stereocenters. The van der Waals surface area contributed by atoms with Gasteiger partial charge in [-0.25, -0.2) is 0 Å². The largest absolute Gasteiger partial charge is 0.487 e. The molecule has 0 aromatic carbocycles. The minimum absolute atomic E-state index is 0.0809. The Bertz CT molecular complexity index is 519. The van der Waals surface area contributed by atoms with E-state index in [1.807, 2.05) is 0 Å². The van der Waals surface area contributed by atoms with Gasteiger partial charge in [0, 0.05) is 36.1 Å². The number of rotatable bonds is 2. The predicted octanol–water partition coefficient (Wildman–Crippen LogP) is 0.943. The quantitative estimate of drug-likeness (QED) is 0.702. The number of nitrogens with two attached hydrogens (primary N) is 1. The smallest absolute Gasteiger partial charge is 0.224 e. The standard InChI is InChI=1S/C15H22N2O3/c1-15(2)6-8-5-11(10(18)7-16)20-13(8)9-3-4-12(19)17-14(9)15/h10-11,18H,3-7,16H2,1-2H3,(H,17,19). The van der Waals surface area contributed by atoms with Gasteiger partial charge in [-0.05, 0) is 18.4 Å². The van der Waals surface area contributed by atoms with Gasteiger partial charge < -0.3 is 20.9 Å². The molecule has 1 aliphatic carbocycles. The fourth-order valence-electron chi connectivity index (χ4n) is 3.48. The molecule has 0 saturated heterocycles. The molecule has 2 aliphatic heterocycles. The highest BCUT2D eigenvalue weighted by atomic mass is 16.5. The summed E-state index contributed by atoms with van der Waals surface area (Å²) in [6.45, 7) is 4.49. The second-order valence-electron chi connectivity index (χ2n) is 6.56. The van der Waals surface area contributed by atoms with E-state index in [4.69, 9.17) is 10.5 Å². The Morgan fingerprint density at radius 3 is 2.95 bits per heavy atom. The maximum atomic E-state index is 11.7. The number of allylic oxidation sites excluding steroid dienone is 2. The van der Waals surface area contributed by atoms with Crippen molar-refractivity contribution in [1.29, 1.82) is 0 Å². The molecule has 0 spiro atoms. The molecule has 3 rings (SSSR count). The minimum Gasteiger partial charge on any atom is -0.487 e. The molecule has 20 heavy (non-hydrogen) atoms. The van der Waals surface area contributed by atoms with Crippen LogP contribution in [0.1, 0.15) is 39.5 Å². The van der Waals surface area contributed by atoms with E-state index < -0.39 is 6.10 Å². The lowest BCUT2D eigenvalue weighted by Crippen LogP contribution is -2.38. The van der Waals surface area contributed by atoms with E-state index in [1.54, 1.807) is 0 Å². The molecule has 3 aliphatic rings. The number of carbonyl (C=O) groups is 1. The molecular formula is C15H22N2O3. The average Bonchev–Trinajstić information content (AvgIpc) is 2.81. The maximum absolute atomic E-state index is 11.7. The Hall–Kier alpha value is -1.33. The monoisotopic (exact) mass is 278 g/mol. The maximum Gasteiger partial charge on any atom is 0.224 e. The summed E-state index contributed by atoms with van der Waals surface area (Å²) in [5.74, 6) is 0.981. The van der Waals surface area contributed by atoms with Gasteiger partial charge in [-0.3, -0.25) is 4.79 Å². The van der Waals surface area contributed by atoms with Crippen molar-refractivity contribution in [2.45, 2.75) is 51.7 Å². The number of amides is 1. The zero-order valence-electron chi connectivity index (χ0n) is 12.0. The van der Waals surface area contributed by atoms with Crippen LogP contribution < -0.4 is 11.1 Å². The Morgan fingerprint density at radius 2 is 2.25 bits per heavy atom. The summed E-state index contributed by atoms with van der Waals surface area (Å²) < 4.78 is 5.96. The van der Waals surface area contributed by atoms with E-state index in [2.05, 4.69) is 19.2 Å². The van der Waals surface area contributed by atoms with Crippen LogP contribution in [0.4, 0.5) is 0 Å². The van der Waals surface area contributed by atoms with Crippen molar-refractivity contribution >= 4 is 5.91 Å². The number of ether oxygens (including phenoxy) is 1. The fourth-order valence-corrected chi connectivity index (χ4v) is 3.48. The number of aliphatic hydroxyl groups is 1. The van der Waals surface area contributed by atoms with E-state index in [0.29, 0.717) is 6.42 Å². The van der Waals surface area contributed by atoms with Crippen molar-refractivity contribution in [1.82, 2.24) is 5.32 Å². The first kappa shape index (κ1) is 13.6. The van der Waals surface area contributed by atoms with Crippen molar-refractivity contribution in [2.24, 2.45) is 11.1 Å². The molecular weight excluding hydrogens is 256 g/mol. The second kappa shape index (κ2) is 4.60. The van der Waals surface area contributed by atoms with Gasteiger partial charge in [0.1, 0.15) is 18.0 Å². The lowest BCUT2D eigenvalue weighted by atomic mass is 9.73. The van der Waals surface area contributed by atoms with Gasteiger partial charge >= 0.3 is 0 Å². The topological polar surface area (TPSA) is 84.6 Å². The summed E-state index contributed by atoms with van der Waals surface area (Å²) in [5.41, 5.74) is 8.80. The number of hydrogen-bond acceptors (Lipinski definition) is 4. The molecule has 5 nitrogen and oxygen atoms in total. The van der Waals surface area contributed by atoms with Crippen LogP contribution in [0, 0.1) is 5.41 Å². The second-order valence-corrected chi connectivity index (χ2v) is 6.56. The van der Waals surface area contributed by atoms with Crippen molar-refractivity contribution in [3.8, 4) is 0 Å². The van der Waals surface area contributed by atoms with E-state index in [9.17, 15) is 9.90 Å². The van der Waals surface area contributed by atoms with Gasteiger partial charge in [0.05, 0.1) is 0 Å². The molecule has 2 unspecified atom stereocenters. The SMILES string of the molecule is CC1(C)CC2=C(OC(C(O)CN)C2)C2=C1NC(=O)CC2. The summed E-state index contributed by atoms with van der Waals surface area (Å²) >= 11 is 0. The number of aliphatic hydroxyl groups excluding tert-OH is 1. The van der Waals surface area contributed by atoms with Gasteiger partial charge in [-0.2, -0.15) is 0 Å². The summed E-state index contributed by atoms with van der Waals surface area (Å²) in [5, 5.41) is 12.9. The van der Waals surface area contributed by atoms with Crippen LogP contribution in [0.5, 0.6) is 0 Å². The van der Waals surface area contributed by atoms with Crippen LogP contribution in [-0.4, -0.2) is 29.8 Å². The molecule has 4 N–H and O–H groups in total. The molecule has 0 aromatic heterocycles. The lowest BCUT2D eigenvalue weighted by Gasteiger charge is -2.37. The van der Waals surface area contributed by atoms with Crippen molar-refractivity contribution < 1.29 is 14.6 Å². The molecule has 0 bridgehead atoms. The van der Waals surface area contributed by atoms with Gasteiger partial charge in [0.25, 0.3) is 0 Å². The van der Waals surface area contributed by atoms with Gasteiger partial charge in [0.15, 0.2) is 0 Å². The van der Waals surface area contributed by atoms with Crippen LogP contribution in [0.3, 0.4) is 0 Å². The minimum atomic E-state index is -0.633. The van der Waals surface area contributed by atoms with Crippen LogP contribution in [0.25, 0.3) is 0 Å². The van der Waals surface area contributed by atoms with Crippen molar-refractivity contribution in [2.75, 3.05) is 6.54 Å². The van der Waals surface area contributed by atoms with Gasteiger partial charge in [-0.1, -0.05) is 13.8 Å². The Labute approximate surface area is 118 Å². The Kier molecular flexibility index (Phi) is 3.14. The molecule has 0 aromatic rings. The number of carbonyl (C=O) groups excluding carboxylic acids is 1. The first-order valence-corrected chi connectivity index (χ1v) is 7.23.